The van der Waals surface area contributed by atoms with E-state index in [9.17, 15) is 9.18 Å². The molecule has 3 aromatic rings. The van der Waals surface area contributed by atoms with Crippen LogP contribution in [0.1, 0.15) is 37.3 Å². The highest BCUT2D eigenvalue weighted by molar-refractivity contribution is 5.79. The molecule has 4 rings (SSSR count). The number of likely N-dealkylation sites (tertiary alicyclic amines) is 1. The van der Waals surface area contributed by atoms with Gasteiger partial charge in [-0.25, -0.2) is 4.39 Å². The fourth-order valence-corrected chi connectivity index (χ4v) is 3.95. The number of amides is 1. The van der Waals surface area contributed by atoms with Crippen molar-refractivity contribution in [1.29, 1.82) is 0 Å². The Balaban J connectivity index is 1.32. The maximum Gasteiger partial charge on any atom is 0.241 e. The zero-order valence-corrected chi connectivity index (χ0v) is 18.3. The maximum atomic E-state index is 13.1. The monoisotopic (exact) mass is 438 g/mol. The molecule has 1 aliphatic rings. The summed E-state index contributed by atoms with van der Waals surface area (Å²) in [6.07, 6.45) is 1.77. The molecule has 0 saturated carbocycles. The Morgan fingerprint density at radius 1 is 1.25 bits per heavy atom. The molecule has 32 heavy (non-hydrogen) atoms. The average molecular weight is 439 g/mol. The molecule has 0 aliphatic carbocycles. The van der Waals surface area contributed by atoms with E-state index < -0.39 is 0 Å². The fraction of sp³-hybridized carbons (Fsp3) is 0.375. The van der Waals surface area contributed by atoms with E-state index >= 15 is 0 Å². The first-order valence-electron chi connectivity index (χ1n) is 10.8. The number of halogens is 1. The normalized spacial score (nSPS) is 17.7. The first-order valence-corrected chi connectivity index (χ1v) is 10.8. The molecule has 0 bridgehead atoms. The van der Waals surface area contributed by atoms with Crippen LogP contribution in [0.15, 0.2) is 53.1 Å². The number of benzene rings is 2. The number of aromatic nitrogens is 2. The third kappa shape index (κ3) is 5.31. The van der Waals surface area contributed by atoms with Crippen LogP contribution in [0, 0.1) is 11.7 Å². The third-order valence-electron chi connectivity index (χ3n) is 5.78. The molecule has 168 valence electrons. The quantitative estimate of drug-likeness (QED) is 0.601. The molecule has 1 saturated heterocycles. The lowest BCUT2D eigenvalue weighted by atomic mass is 9.96. The van der Waals surface area contributed by atoms with Gasteiger partial charge in [0.2, 0.25) is 17.6 Å². The zero-order chi connectivity index (χ0) is 22.5. The number of rotatable bonds is 7. The number of carbonyl (C=O) groups is 1. The molecule has 7 nitrogen and oxygen atoms in total. The minimum atomic E-state index is -0.309. The summed E-state index contributed by atoms with van der Waals surface area (Å²) >= 11 is 0. The molecule has 1 aromatic heterocycles. The average Bonchev–Trinajstić information content (AvgIpc) is 3.28. The van der Waals surface area contributed by atoms with Crippen molar-refractivity contribution in [2.45, 2.75) is 32.4 Å². The molecule has 1 aliphatic heterocycles. The number of ether oxygens (including phenoxy) is 1. The molecule has 1 N–H and O–H groups in total. The van der Waals surface area contributed by atoms with Crippen LogP contribution in [0.4, 0.5) is 4.39 Å². The van der Waals surface area contributed by atoms with Crippen LogP contribution in [-0.2, 0) is 11.3 Å². The number of nitrogens with one attached hydrogen (secondary N) is 1. The van der Waals surface area contributed by atoms with Gasteiger partial charge in [-0.05, 0) is 68.3 Å². The van der Waals surface area contributed by atoms with Gasteiger partial charge in [-0.1, -0.05) is 17.3 Å². The summed E-state index contributed by atoms with van der Waals surface area (Å²) in [7, 11) is 1.63. The van der Waals surface area contributed by atoms with Gasteiger partial charge in [0, 0.05) is 12.1 Å². The van der Waals surface area contributed by atoms with E-state index in [2.05, 4.69) is 20.4 Å². The van der Waals surface area contributed by atoms with E-state index in [4.69, 9.17) is 9.26 Å². The first kappa shape index (κ1) is 22.0. The summed E-state index contributed by atoms with van der Waals surface area (Å²) in [5.74, 6) is 1.35. The van der Waals surface area contributed by atoms with Gasteiger partial charge >= 0.3 is 0 Å². The molecule has 8 heteroatoms. The lowest BCUT2D eigenvalue weighted by Gasteiger charge is -2.31. The third-order valence-corrected chi connectivity index (χ3v) is 5.78. The molecule has 2 unspecified atom stereocenters. The second-order valence-corrected chi connectivity index (χ2v) is 8.10. The highest BCUT2D eigenvalue weighted by Gasteiger charge is 2.28. The second-order valence-electron chi connectivity index (χ2n) is 8.10. The number of nitrogens with zero attached hydrogens (tertiary/aromatic N) is 3. The van der Waals surface area contributed by atoms with Crippen molar-refractivity contribution in [3.05, 3.63) is 65.8 Å². The van der Waals surface area contributed by atoms with Gasteiger partial charge in [-0.15, -0.1) is 0 Å². The summed E-state index contributed by atoms with van der Waals surface area (Å²) in [4.78, 5) is 19.5. The molecule has 2 heterocycles. The van der Waals surface area contributed by atoms with Crippen molar-refractivity contribution in [1.82, 2.24) is 20.4 Å². The predicted molar refractivity (Wildman–Crippen MR) is 117 cm³/mol. The molecule has 1 fully saturated rings. The highest BCUT2D eigenvalue weighted by Crippen LogP contribution is 2.22. The van der Waals surface area contributed by atoms with Crippen LogP contribution in [-0.4, -0.2) is 41.1 Å². The van der Waals surface area contributed by atoms with Gasteiger partial charge < -0.3 is 14.6 Å². The minimum absolute atomic E-state index is 0.0514. The topological polar surface area (TPSA) is 80.5 Å². The van der Waals surface area contributed by atoms with Crippen molar-refractivity contribution in [3.8, 4) is 17.1 Å². The Bertz CT molecular complexity index is 1040. The SMILES string of the molecule is COc1ccc(C(C)NC(=O)C2CCCN(Cc3nc(-c4ccc(F)cc4)no3)C2)cc1. The van der Waals surface area contributed by atoms with Gasteiger partial charge in [0.1, 0.15) is 11.6 Å². The lowest BCUT2D eigenvalue weighted by molar-refractivity contribution is -0.127. The van der Waals surface area contributed by atoms with E-state index in [1.54, 1.807) is 19.2 Å². The minimum Gasteiger partial charge on any atom is -0.497 e. The molecular formula is C24H27FN4O3. The van der Waals surface area contributed by atoms with Crippen LogP contribution >= 0.6 is 0 Å². The van der Waals surface area contributed by atoms with E-state index in [1.165, 1.54) is 12.1 Å². The van der Waals surface area contributed by atoms with Gasteiger partial charge in [-0.2, -0.15) is 4.98 Å². The fourth-order valence-electron chi connectivity index (χ4n) is 3.95. The van der Waals surface area contributed by atoms with Crippen molar-refractivity contribution in [2.75, 3.05) is 20.2 Å². The summed E-state index contributed by atoms with van der Waals surface area (Å²) in [5.41, 5.74) is 1.73. The van der Waals surface area contributed by atoms with Gasteiger partial charge in [0.15, 0.2) is 0 Å². The maximum absolute atomic E-state index is 13.1. The number of hydrogen-bond acceptors (Lipinski definition) is 6. The van der Waals surface area contributed by atoms with Crippen LogP contribution in [0.2, 0.25) is 0 Å². The van der Waals surface area contributed by atoms with Crippen molar-refractivity contribution >= 4 is 5.91 Å². The highest BCUT2D eigenvalue weighted by atomic mass is 19.1. The Labute approximate surface area is 186 Å². The van der Waals surface area contributed by atoms with Crippen molar-refractivity contribution in [2.24, 2.45) is 5.92 Å². The van der Waals surface area contributed by atoms with Crippen molar-refractivity contribution < 1.29 is 18.4 Å². The lowest BCUT2D eigenvalue weighted by Crippen LogP contribution is -2.43. The summed E-state index contributed by atoms with van der Waals surface area (Å²) in [6.45, 7) is 3.96. The van der Waals surface area contributed by atoms with E-state index in [0.717, 1.165) is 30.7 Å². The molecular weight excluding hydrogens is 411 g/mol. The Morgan fingerprint density at radius 2 is 2.00 bits per heavy atom. The Hall–Kier alpha value is -3.26. The van der Waals surface area contributed by atoms with Crippen molar-refractivity contribution in [3.63, 3.8) is 0 Å². The number of piperidine rings is 1. The molecule has 2 aromatic carbocycles. The van der Waals surface area contributed by atoms with Crippen LogP contribution < -0.4 is 10.1 Å². The van der Waals surface area contributed by atoms with E-state index in [0.29, 0.717) is 30.4 Å². The summed E-state index contributed by atoms with van der Waals surface area (Å²) in [5, 5.41) is 7.13. The second kappa shape index (κ2) is 9.91. The molecule has 2 atom stereocenters. The summed E-state index contributed by atoms with van der Waals surface area (Å²) in [6, 6.07) is 13.6. The van der Waals surface area contributed by atoms with E-state index in [1.807, 2.05) is 31.2 Å². The van der Waals surface area contributed by atoms with Crippen LogP contribution in [0.3, 0.4) is 0 Å². The first-order chi connectivity index (χ1) is 15.5. The smallest absolute Gasteiger partial charge is 0.241 e. The van der Waals surface area contributed by atoms with Crippen LogP contribution in [0.5, 0.6) is 5.75 Å². The molecule has 0 radical (unpaired) electrons. The van der Waals surface area contributed by atoms with Gasteiger partial charge in [-0.3, -0.25) is 9.69 Å². The number of methoxy groups -OCH3 is 1. The predicted octanol–water partition coefficient (Wildman–Crippen LogP) is 3.97. The van der Waals surface area contributed by atoms with Crippen LogP contribution in [0.25, 0.3) is 11.4 Å². The number of hydrogen-bond donors (Lipinski definition) is 1. The number of carbonyl (C=O) groups excluding carboxylic acids is 1. The van der Waals surface area contributed by atoms with Gasteiger partial charge in [0.05, 0.1) is 25.6 Å². The molecule has 0 spiro atoms. The Kier molecular flexibility index (Phi) is 6.80. The summed E-state index contributed by atoms with van der Waals surface area (Å²) < 4.78 is 23.7. The van der Waals surface area contributed by atoms with Gasteiger partial charge in [0.25, 0.3) is 0 Å². The largest absolute Gasteiger partial charge is 0.497 e. The zero-order valence-electron chi connectivity index (χ0n) is 18.3. The Morgan fingerprint density at radius 3 is 2.72 bits per heavy atom. The van der Waals surface area contributed by atoms with E-state index in [-0.39, 0.29) is 23.7 Å². The standard InChI is InChI=1S/C24H27FN4O3/c1-16(17-7-11-21(31-2)12-8-17)26-24(30)19-4-3-13-29(14-19)15-22-27-23(28-32-22)18-5-9-20(25)10-6-18/h5-12,16,19H,3-4,13-15H2,1-2H3,(H,26,30). The molecule has 1 amide bonds.